The summed E-state index contributed by atoms with van der Waals surface area (Å²) in [6.45, 7) is 5.89. The summed E-state index contributed by atoms with van der Waals surface area (Å²) >= 11 is 6.02. The molecule has 4 heteroatoms. The van der Waals surface area contributed by atoms with Crippen molar-refractivity contribution in [3.8, 4) is 5.75 Å². The first kappa shape index (κ1) is 15.0. The summed E-state index contributed by atoms with van der Waals surface area (Å²) in [4.78, 5) is 12.5. The van der Waals surface area contributed by atoms with Crippen molar-refractivity contribution in [2.75, 3.05) is 14.2 Å². The van der Waals surface area contributed by atoms with Crippen molar-refractivity contribution in [3.63, 3.8) is 0 Å². The Balaban J connectivity index is 3.27. The number of nitrogens with one attached hydrogen (secondary N) is 1. The van der Waals surface area contributed by atoms with Crippen LogP contribution in [0.2, 0.25) is 5.02 Å². The van der Waals surface area contributed by atoms with Crippen LogP contribution in [-0.2, 0) is 0 Å². The molecule has 0 aliphatic heterocycles. The van der Waals surface area contributed by atoms with Crippen molar-refractivity contribution in [3.05, 3.63) is 28.3 Å². The fourth-order valence-electron chi connectivity index (χ4n) is 2.12. The predicted molar refractivity (Wildman–Crippen MR) is 74.8 cm³/mol. The summed E-state index contributed by atoms with van der Waals surface area (Å²) < 4.78 is 5.32. The molecule has 0 saturated carbocycles. The van der Waals surface area contributed by atoms with Crippen LogP contribution in [0.4, 0.5) is 0 Å². The number of aryl methyl sites for hydroxylation is 1. The zero-order valence-corrected chi connectivity index (χ0v) is 12.3. The first-order valence-corrected chi connectivity index (χ1v) is 6.35. The maximum Gasteiger partial charge on any atom is 0.183 e. The Morgan fingerprint density at radius 3 is 2.44 bits per heavy atom. The number of hydrogen-bond donors (Lipinski definition) is 1. The molecule has 0 radical (unpaired) electrons. The number of Topliss-reactive ketones (excluding diaryl/α,β-unsaturated/α-hetero) is 1. The molecule has 1 aromatic rings. The lowest BCUT2D eigenvalue weighted by atomic mass is 9.93. The molecule has 0 heterocycles. The van der Waals surface area contributed by atoms with E-state index in [4.69, 9.17) is 16.3 Å². The van der Waals surface area contributed by atoms with Crippen molar-refractivity contribution < 1.29 is 9.53 Å². The number of carbonyl (C=O) groups excluding carboxylic acids is 1. The summed E-state index contributed by atoms with van der Waals surface area (Å²) in [5.74, 6) is 0.812. The number of halogens is 1. The Hall–Kier alpha value is -1.06. The quantitative estimate of drug-likeness (QED) is 0.835. The first-order valence-electron chi connectivity index (χ1n) is 5.98. The number of rotatable bonds is 5. The highest BCUT2D eigenvalue weighted by Gasteiger charge is 2.25. The van der Waals surface area contributed by atoms with E-state index in [9.17, 15) is 4.79 Å². The zero-order valence-electron chi connectivity index (χ0n) is 11.5. The van der Waals surface area contributed by atoms with E-state index in [0.717, 1.165) is 5.56 Å². The Bertz CT molecular complexity index is 444. The smallest absolute Gasteiger partial charge is 0.183 e. The highest BCUT2D eigenvalue weighted by Crippen LogP contribution is 2.29. The van der Waals surface area contributed by atoms with E-state index in [-0.39, 0.29) is 17.7 Å². The summed E-state index contributed by atoms with van der Waals surface area (Å²) in [7, 11) is 3.35. The molecule has 100 valence electrons. The minimum Gasteiger partial charge on any atom is -0.496 e. The number of methoxy groups -OCH3 is 1. The molecule has 0 spiro atoms. The van der Waals surface area contributed by atoms with Crippen LogP contribution in [-0.4, -0.2) is 26.0 Å². The molecule has 1 N–H and O–H groups in total. The highest BCUT2D eigenvalue weighted by molar-refractivity contribution is 6.31. The van der Waals surface area contributed by atoms with Gasteiger partial charge in [-0.25, -0.2) is 0 Å². The van der Waals surface area contributed by atoms with Crippen LogP contribution in [0.5, 0.6) is 5.75 Å². The van der Waals surface area contributed by atoms with Crippen molar-refractivity contribution >= 4 is 17.4 Å². The van der Waals surface area contributed by atoms with Gasteiger partial charge in [-0.15, -0.1) is 0 Å². The Labute approximate surface area is 113 Å². The van der Waals surface area contributed by atoms with Crippen molar-refractivity contribution in [2.45, 2.75) is 26.8 Å². The minimum absolute atomic E-state index is 0.00921. The number of ether oxygens (including phenoxy) is 1. The molecule has 1 atom stereocenters. The SMILES string of the molecule is CNC(C(=O)c1cc(Cl)cc(C)c1OC)C(C)C. The van der Waals surface area contributed by atoms with Gasteiger partial charge in [0, 0.05) is 5.02 Å². The first-order chi connectivity index (χ1) is 8.42. The average Bonchev–Trinajstić information content (AvgIpc) is 2.28. The van der Waals surface area contributed by atoms with Gasteiger partial charge < -0.3 is 10.1 Å². The van der Waals surface area contributed by atoms with Crippen molar-refractivity contribution in [2.24, 2.45) is 5.92 Å². The average molecular weight is 270 g/mol. The van der Waals surface area contributed by atoms with E-state index in [1.807, 2.05) is 20.8 Å². The van der Waals surface area contributed by atoms with Crippen LogP contribution >= 0.6 is 11.6 Å². The third-order valence-electron chi connectivity index (χ3n) is 2.97. The molecule has 1 unspecified atom stereocenters. The van der Waals surface area contributed by atoms with Gasteiger partial charge in [0.15, 0.2) is 5.78 Å². The van der Waals surface area contributed by atoms with Gasteiger partial charge >= 0.3 is 0 Å². The molecule has 3 nitrogen and oxygen atoms in total. The van der Waals surface area contributed by atoms with Gasteiger partial charge in [-0.05, 0) is 37.6 Å². The van der Waals surface area contributed by atoms with Crippen LogP contribution < -0.4 is 10.1 Å². The number of ketones is 1. The molecule has 1 aromatic carbocycles. The van der Waals surface area contributed by atoms with Gasteiger partial charge in [-0.2, -0.15) is 0 Å². The second kappa shape index (κ2) is 6.21. The van der Waals surface area contributed by atoms with Gasteiger partial charge in [-0.3, -0.25) is 4.79 Å². The van der Waals surface area contributed by atoms with Gasteiger partial charge in [0.25, 0.3) is 0 Å². The van der Waals surface area contributed by atoms with Crippen LogP contribution in [0, 0.1) is 12.8 Å². The second-order valence-electron chi connectivity index (χ2n) is 4.68. The summed E-state index contributed by atoms with van der Waals surface area (Å²) in [5, 5.41) is 3.59. The number of benzene rings is 1. The Kier molecular flexibility index (Phi) is 5.17. The van der Waals surface area contributed by atoms with Crippen LogP contribution in [0.1, 0.15) is 29.8 Å². The fraction of sp³-hybridized carbons (Fsp3) is 0.500. The lowest BCUT2D eigenvalue weighted by Gasteiger charge is -2.21. The lowest BCUT2D eigenvalue weighted by Crippen LogP contribution is -2.38. The number of likely N-dealkylation sites (N-methyl/N-ethyl adjacent to an activating group) is 1. The predicted octanol–water partition coefficient (Wildman–Crippen LogP) is 3.08. The Morgan fingerprint density at radius 2 is 2.00 bits per heavy atom. The Morgan fingerprint density at radius 1 is 1.39 bits per heavy atom. The molecule has 0 aliphatic carbocycles. The second-order valence-corrected chi connectivity index (χ2v) is 5.11. The van der Waals surface area contributed by atoms with Gasteiger partial charge in [-0.1, -0.05) is 25.4 Å². The van der Waals surface area contributed by atoms with Crippen LogP contribution in [0.25, 0.3) is 0 Å². The standard InChI is InChI=1S/C14H20ClNO2/c1-8(2)12(16-4)13(17)11-7-10(15)6-9(3)14(11)18-5/h6-8,12,16H,1-5H3. The minimum atomic E-state index is -0.239. The molecule has 18 heavy (non-hydrogen) atoms. The molecule has 1 rings (SSSR count). The summed E-state index contributed by atoms with van der Waals surface area (Å²) in [6, 6.07) is 3.22. The summed E-state index contributed by atoms with van der Waals surface area (Å²) in [5.41, 5.74) is 1.41. The van der Waals surface area contributed by atoms with Crippen molar-refractivity contribution in [1.82, 2.24) is 5.32 Å². The highest BCUT2D eigenvalue weighted by atomic mass is 35.5. The maximum absolute atomic E-state index is 12.5. The van der Waals surface area contributed by atoms with E-state index in [2.05, 4.69) is 5.32 Å². The lowest BCUT2D eigenvalue weighted by molar-refractivity contribution is 0.0919. The van der Waals surface area contributed by atoms with Crippen LogP contribution in [0.15, 0.2) is 12.1 Å². The maximum atomic E-state index is 12.5. The summed E-state index contributed by atoms with van der Waals surface area (Å²) in [6.07, 6.45) is 0. The number of carbonyl (C=O) groups is 1. The topological polar surface area (TPSA) is 38.3 Å². The normalized spacial score (nSPS) is 12.6. The van der Waals surface area contributed by atoms with E-state index < -0.39 is 0 Å². The van der Waals surface area contributed by atoms with Gasteiger partial charge in [0.2, 0.25) is 0 Å². The number of hydrogen-bond acceptors (Lipinski definition) is 3. The van der Waals surface area contributed by atoms with Crippen molar-refractivity contribution in [1.29, 1.82) is 0 Å². The monoisotopic (exact) mass is 269 g/mol. The van der Waals surface area contributed by atoms with E-state index >= 15 is 0 Å². The fourth-order valence-corrected chi connectivity index (χ4v) is 2.39. The largest absolute Gasteiger partial charge is 0.496 e. The van der Waals surface area contributed by atoms with E-state index in [1.54, 1.807) is 26.3 Å². The molecule has 0 amide bonds. The van der Waals surface area contributed by atoms with E-state index in [1.165, 1.54) is 0 Å². The zero-order chi connectivity index (χ0) is 13.9. The molecular formula is C14H20ClNO2. The molecule has 0 aliphatic rings. The van der Waals surface area contributed by atoms with Gasteiger partial charge in [0.05, 0.1) is 18.7 Å². The molecule has 0 bridgehead atoms. The van der Waals surface area contributed by atoms with Crippen LogP contribution in [0.3, 0.4) is 0 Å². The molecular weight excluding hydrogens is 250 g/mol. The third kappa shape index (κ3) is 3.03. The third-order valence-corrected chi connectivity index (χ3v) is 3.19. The van der Waals surface area contributed by atoms with Gasteiger partial charge in [0.1, 0.15) is 5.75 Å². The molecule has 0 saturated heterocycles. The molecule has 0 fully saturated rings. The van der Waals surface area contributed by atoms with E-state index in [0.29, 0.717) is 16.3 Å². The molecule has 0 aromatic heterocycles.